The zero-order chi connectivity index (χ0) is 14.9. The Hall–Kier alpha value is -1.60. The van der Waals surface area contributed by atoms with Gasteiger partial charge in [-0.3, -0.25) is 4.72 Å². The second-order valence-corrected chi connectivity index (χ2v) is 7.79. The topological polar surface area (TPSA) is 62.3 Å². The third kappa shape index (κ3) is 3.10. The summed E-state index contributed by atoms with van der Waals surface area (Å²) in [4.78, 5) is 8.09. The monoisotopic (exact) mass is 311 g/mol. The fourth-order valence-electron chi connectivity index (χ4n) is 1.78. The van der Waals surface area contributed by atoms with Gasteiger partial charge in [-0.25, -0.2) is 13.4 Å². The molecule has 0 unspecified atom stereocenters. The number of sulfonamides is 1. The van der Waals surface area contributed by atoms with E-state index in [1.54, 1.807) is 25.3 Å². The Bertz CT molecular complexity index is 704. The van der Waals surface area contributed by atoms with Crippen LogP contribution in [0.4, 0.5) is 11.5 Å². The molecule has 7 heteroatoms. The highest BCUT2D eigenvalue weighted by atomic mass is 32.2. The number of pyridine rings is 1. The molecule has 0 fully saturated rings. The van der Waals surface area contributed by atoms with Crippen LogP contribution in [0.15, 0.2) is 29.3 Å². The Morgan fingerprint density at radius 2 is 1.95 bits per heavy atom. The molecule has 0 saturated carbocycles. The Labute approximate surface area is 123 Å². The van der Waals surface area contributed by atoms with Gasteiger partial charge in [0.2, 0.25) is 0 Å². The molecule has 2 aromatic heterocycles. The normalized spacial score (nSPS) is 11.4. The second-order valence-electron chi connectivity index (χ2n) is 4.68. The van der Waals surface area contributed by atoms with Gasteiger partial charge < -0.3 is 4.90 Å². The van der Waals surface area contributed by atoms with Gasteiger partial charge in [0.1, 0.15) is 10.7 Å². The van der Waals surface area contributed by atoms with E-state index in [-0.39, 0.29) is 0 Å². The Morgan fingerprint density at radius 3 is 2.40 bits per heavy atom. The van der Waals surface area contributed by atoms with Gasteiger partial charge in [-0.2, -0.15) is 0 Å². The lowest BCUT2D eigenvalue weighted by atomic mass is 10.4. The number of rotatable bonds is 4. The third-order valence-electron chi connectivity index (χ3n) is 2.79. The molecule has 0 aliphatic heterocycles. The first-order chi connectivity index (χ1) is 9.29. The molecule has 0 saturated heterocycles. The molecule has 108 valence electrons. The van der Waals surface area contributed by atoms with E-state index in [0.29, 0.717) is 10.7 Å². The summed E-state index contributed by atoms with van der Waals surface area (Å²) in [6.07, 6.45) is 1.63. The number of nitrogens with one attached hydrogen (secondary N) is 1. The van der Waals surface area contributed by atoms with Crippen molar-refractivity contribution in [2.24, 2.45) is 0 Å². The van der Waals surface area contributed by atoms with Gasteiger partial charge in [-0.05, 0) is 32.0 Å². The van der Waals surface area contributed by atoms with E-state index in [2.05, 4.69) is 9.71 Å². The maximum atomic E-state index is 12.3. The fraction of sp³-hybridized carbons (Fsp3) is 0.308. The number of hydrogen-bond acceptors (Lipinski definition) is 5. The van der Waals surface area contributed by atoms with Crippen molar-refractivity contribution in [3.8, 4) is 0 Å². The zero-order valence-corrected chi connectivity index (χ0v) is 13.5. The van der Waals surface area contributed by atoms with Crippen LogP contribution in [0.2, 0.25) is 0 Å². The van der Waals surface area contributed by atoms with Crippen molar-refractivity contribution in [1.29, 1.82) is 0 Å². The molecule has 20 heavy (non-hydrogen) atoms. The fourth-order valence-corrected chi connectivity index (χ4v) is 4.34. The van der Waals surface area contributed by atoms with E-state index in [4.69, 9.17) is 0 Å². The summed E-state index contributed by atoms with van der Waals surface area (Å²) in [6, 6.07) is 5.15. The van der Waals surface area contributed by atoms with Crippen LogP contribution in [0, 0.1) is 13.8 Å². The van der Waals surface area contributed by atoms with E-state index in [9.17, 15) is 8.42 Å². The minimum Gasteiger partial charge on any atom is -0.376 e. The van der Waals surface area contributed by atoms with Crippen LogP contribution in [0.25, 0.3) is 0 Å². The summed E-state index contributed by atoms with van der Waals surface area (Å²) in [7, 11) is 0.230. The van der Waals surface area contributed by atoms with Crippen LogP contribution in [-0.4, -0.2) is 27.5 Å². The summed E-state index contributed by atoms with van der Waals surface area (Å²) >= 11 is 1.47. The van der Waals surface area contributed by atoms with E-state index in [1.165, 1.54) is 11.3 Å². The lowest BCUT2D eigenvalue weighted by Gasteiger charge is -2.12. The molecule has 0 amide bonds. The van der Waals surface area contributed by atoms with Crippen molar-refractivity contribution in [1.82, 2.24) is 4.98 Å². The highest BCUT2D eigenvalue weighted by Gasteiger charge is 2.19. The van der Waals surface area contributed by atoms with Gasteiger partial charge in [-0.15, -0.1) is 11.3 Å². The number of aromatic nitrogens is 1. The van der Waals surface area contributed by atoms with E-state index < -0.39 is 10.0 Å². The average molecular weight is 311 g/mol. The minimum absolute atomic E-state index is 0.318. The van der Waals surface area contributed by atoms with E-state index in [1.807, 2.05) is 32.0 Å². The molecule has 0 aromatic carbocycles. The largest absolute Gasteiger partial charge is 0.376 e. The number of anilines is 2. The number of nitrogens with zero attached hydrogens (tertiary/aromatic N) is 2. The summed E-state index contributed by atoms with van der Waals surface area (Å²) in [6.45, 7) is 3.69. The molecule has 0 radical (unpaired) electrons. The molecule has 0 aliphatic rings. The van der Waals surface area contributed by atoms with Crippen molar-refractivity contribution in [3.05, 3.63) is 34.2 Å². The molecule has 0 atom stereocenters. The second kappa shape index (κ2) is 5.41. The van der Waals surface area contributed by atoms with Gasteiger partial charge in [0.15, 0.2) is 0 Å². The lowest BCUT2D eigenvalue weighted by molar-refractivity contribution is 0.601. The van der Waals surface area contributed by atoms with Crippen LogP contribution >= 0.6 is 11.3 Å². The molecule has 0 bridgehead atoms. The van der Waals surface area contributed by atoms with Crippen LogP contribution < -0.4 is 9.62 Å². The van der Waals surface area contributed by atoms with Gasteiger partial charge >= 0.3 is 0 Å². The summed E-state index contributed by atoms with van der Waals surface area (Å²) in [5, 5.41) is 0. The first kappa shape index (κ1) is 14.8. The molecule has 0 aliphatic carbocycles. The smallest absolute Gasteiger partial charge is 0.264 e. The van der Waals surface area contributed by atoms with Crippen LogP contribution in [-0.2, 0) is 10.0 Å². The molecule has 0 spiro atoms. The summed E-state index contributed by atoms with van der Waals surface area (Å²) < 4.78 is 27.1. The Kier molecular flexibility index (Phi) is 4.01. The Balaban J connectivity index is 2.26. The molecule has 5 nitrogen and oxygen atoms in total. The molecule has 1 N–H and O–H groups in total. The molecular weight excluding hydrogens is 294 g/mol. The average Bonchev–Trinajstić information content (AvgIpc) is 2.69. The van der Waals surface area contributed by atoms with Gasteiger partial charge in [-0.1, -0.05) is 0 Å². The molecule has 2 heterocycles. The van der Waals surface area contributed by atoms with Crippen molar-refractivity contribution >= 4 is 32.9 Å². The Morgan fingerprint density at radius 1 is 1.25 bits per heavy atom. The van der Waals surface area contributed by atoms with Crippen LogP contribution in [0.5, 0.6) is 0 Å². The highest BCUT2D eigenvalue weighted by Crippen LogP contribution is 2.26. The predicted octanol–water partition coefficient (Wildman–Crippen LogP) is 2.63. The standard InChI is InChI=1S/C13H17N3O2S2/c1-9-7-12(10(2)19-9)20(17,18)15-13-6-5-11(8-14-13)16(3)4/h5-8H,1-4H3,(H,14,15). The van der Waals surface area contributed by atoms with Crippen molar-refractivity contribution in [2.75, 3.05) is 23.7 Å². The van der Waals surface area contributed by atoms with Gasteiger partial charge in [0, 0.05) is 23.8 Å². The van der Waals surface area contributed by atoms with Crippen molar-refractivity contribution < 1.29 is 8.42 Å². The van der Waals surface area contributed by atoms with Crippen molar-refractivity contribution in [3.63, 3.8) is 0 Å². The number of hydrogen-bond donors (Lipinski definition) is 1. The number of aryl methyl sites for hydroxylation is 2. The SMILES string of the molecule is Cc1cc(S(=O)(=O)Nc2ccc(N(C)C)cn2)c(C)s1. The van der Waals surface area contributed by atoms with Gasteiger partial charge in [0.25, 0.3) is 10.0 Å². The maximum absolute atomic E-state index is 12.3. The molecule has 2 rings (SSSR count). The molecule has 2 aromatic rings. The van der Waals surface area contributed by atoms with Crippen molar-refractivity contribution in [2.45, 2.75) is 18.7 Å². The van der Waals surface area contributed by atoms with Crippen LogP contribution in [0.1, 0.15) is 9.75 Å². The first-order valence-corrected chi connectivity index (χ1v) is 8.33. The number of thiophene rings is 1. The maximum Gasteiger partial charge on any atom is 0.264 e. The van der Waals surface area contributed by atoms with E-state index >= 15 is 0 Å². The quantitative estimate of drug-likeness (QED) is 0.943. The summed E-state index contributed by atoms with van der Waals surface area (Å²) in [5.41, 5.74) is 0.913. The lowest BCUT2D eigenvalue weighted by Crippen LogP contribution is -2.14. The summed E-state index contributed by atoms with van der Waals surface area (Å²) in [5.74, 6) is 0.318. The third-order valence-corrected chi connectivity index (χ3v) is 5.36. The van der Waals surface area contributed by atoms with Gasteiger partial charge in [0.05, 0.1) is 11.9 Å². The zero-order valence-electron chi connectivity index (χ0n) is 11.8. The highest BCUT2D eigenvalue weighted by molar-refractivity contribution is 7.93. The minimum atomic E-state index is -3.57. The van der Waals surface area contributed by atoms with E-state index in [0.717, 1.165) is 15.4 Å². The molecular formula is C13H17N3O2S2. The predicted molar refractivity (Wildman–Crippen MR) is 83.2 cm³/mol. The first-order valence-electron chi connectivity index (χ1n) is 6.03. The van der Waals surface area contributed by atoms with Crippen LogP contribution in [0.3, 0.4) is 0 Å².